The first-order chi connectivity index (χ1) is 9.63. The van der Waals surface area contributed by atoms with E-state index in [0.717, 1.165) is 5.82 Å². The highest BCUT2D eigenvalue weighted by atomic mass is 79.9. The van der Waals surface area contributed by atoms with Crippen molar-refractivity contribution in [3.63, 3.8) is 0 Å². The molecule has 2 heterocycles. The monoisotopic (exact) mass is 336 g/mol. The van der Waals surface area contributed by atoms with Crippen molar-refractivity contribution in [2.75, 3.05) is 0 Å². The largest absolute Gasteiger partial charge is 0.337 e. The van der Waals surface area contributed by atoms with Gasteiger partial charge in [0.1, 0.15) is 18.2 Å². The molecule has 0 N–H and O–H groups in total. The van der Waals surface area contributed by atoms with Crippen molar-refractivity contribution >= 4 is 15.9 Å². The Morgan fingerprint density at radius 2 is 2.25 bits per heavy atom. The van der Waals surface area contributed by atoms with Crippen molar-refractivity contribution in [3.8, 4) is 11.4 Å². The van der Waals surface area contributed by atoms with Crippen molar-refractivity contribution in [3.05, 3.63) is 52.6 Å². The van der Waals surface area contributed by atoms with Gasteiger partial charge in [-0.15, -0.1) is 0 Å². The fourth-order valence-electron chi connectivity index (χ4n) is 1.79. The SMILES string of the molecule is Cc1nccn1Cc1nc(-c2ccc(F)c(Br)c2)no1. The molecule has 0 fully saturated rings. The van der Waals surface area contributed by atoms with Crippen LogP contribution in [0.2, 0.25) is 0 Å². The van der Waals surface area contributed by atoms with Crippen LogP contribution >= 0.6 is 15.9 Å². The Bertz CT molecular complexity index is 752. The molecule has 0 saturated carbocycles. The molecule has 7 heteroatoms. The van der Waals surface area contributed by atoms with Gasteiger partial charge in [0.05, 0.1) is 4.47 Å². The van der Waals surface area contributed by atoms with Gasteiger partial charge in [0, 0.05) is 18.0 Å². The van der Waals surface area contributed by atoms with E-state index in [9.17, 15) is 4.39 Å². The summed E-state index contributed by atoms with van der Waals surface area (Å²) in [6, 6.07) is 4.58. The number of aromatic nitrogens is 4. The standard InChI is InChI=1S/C13H10BrFN4O/c1-8-16-4-5-19(8)7-12-17-13(18-20-12)9-2-3-11(15)10(14)6-9/h2-6H,7H2,1H3. The Hall–Kier alpha value is -2.02. The van der Waals surface area contributed by atoms with E-state index in [-0.39, 0.29) is 5.82 Å². The zero-order chi connectivity index (χ0) is 14.1. The van der Waals surface area contributed by atoms with E-state index in [2.05, 4.69) is 31.1 Å². The number of imidazole rings is 1. The average Bonchev–Trinajstić information content (AvgIpc) is 3.04. The lowest BCUT2D eigenvalue weighted by atomic mass is 10.2. The lowest BCUT2D eigenvalue weighted by Crippen LogP contribution is -2.00. The van der Waals surface area contributed by atoms with Crippen molar-refractivity contribution < 1.29 is 8.91 Å². The molecule has 20 heavy (non-hydrogen) atoms. The Kier molecular flexibility index (Phi) is 3.35. The van der Waals surface area contributed by atoms with E-state index in [1.807, 2.05) is 17.7 Å². The molecule has 5 nitrogen and oxygen atoms in total. The molecule has 0 radical (unpaired) electrons. The third kappa shape index (κ3) is 2.49. The summed E-state index contributed by atoms with van der Waals surface area (Å²) in [4.78, 5) is 8.42. The second-order valence-electron chi connectivity index (χ2n) is 4.24. The first kappa shape index (κ1) is 13.0. The van der Waals surface area contributed by atoms with Crippen LogP contribution in [0.4, 0.5) is 4.39 Å². The predicted octanol–water partition coefficient (Wildman–Crippen LogP) is 3.19. The molecule has 0 atom stereocenters. The summed E-state index contributed by atoms with van der Waals surface area (Å²) < 4.78 is 20.7. The lowest BCUT2D eigenvalue weighted by Gasteiger charge is -1.99. The molecule has 1 aromatic carbocycles. The highest BCUT2D eigenvalue weighted by Crippen LogP contribution is 2.23. The molecular formula is C13H10BrFN4O. The van der Waals surface area contributed by atoms with Gasteiger partial charge < -0.3 is 9.09 Å². The predicted molar refractivity (Wildman–Crippen MR) is 73.5 cm³/mol. The minimum absolute atomic E-state index is 0.327. The average molecular weight is 337 g/mol. The fraction of sp³-hybridized carbons (Fsp3) is 0.154. The Labute approximate surface area is 122 Å². The van der Waals surface area contributed by atoms with Gasteiger partial charge in [-0.25, -0.2) is 9.37 Å². The van der Waals surface area contributed by atoms with Crippen LogP contribution in [0.15, 0.2) is 39.6 Å². The molecule has 0 unspecified atom stereocenters. The van der Waals surface area contributed by atoms with Gasteiger partial charge in [0.2, 0.25) is 11.7 Å². The summed E-state index contributed by atoms with van der Waals surface area (Å²) in [5.74, 6) is 1.45. The van der Waals surface area contributed by atoms with Crippen molar-refractivity contribution in [1.29, 1.82) is 0 Å². The second kappa shape index (κ2) is 5.16. The van der Waals surface area contributed by atoms with Gasteiger partial charge >= 0.3 is 0 Å². The summed E-state index contributed by atoms with van der Waals surface area (Å²) in [6.45, 7) is 2.36. The van der Waals surface area contributed by atoms with Crippen molar-refractivity contribution in [2.45, 2.75) is 13.5 Å². The maximum atomic E-state index is 13.2. The third-order valence-corrected chi connectivity index (χ3v) is 3.48. The number of hydrogen-bond acceptors (Lipinski definition) is 4. The number of halogens is 2. The molecule has 0 amide bonds. The van der Waals surface area contributed by atoms with Gasteiger partial charge in [0.25, 0.3) is 0 Å². The topological polar surface area (TPSA) is 56.7 Å². The van der Waals surface area contributed by atoms with Crippen LogP contribution in [0.25, 0.3) is 11.4 Å². The van der Waals surface area contributed by atoms with Crippen LogP contribution in [0.1, 0.15) is 11.7 Å². The summed E-state index contributed by atoms with van der Waals surface area (Å²) in [6.07, 6.45) is 3.55. The second-order valence-corrected chi connectivity index (χ2v) is 5.10. The Balaban J connectivity index is 1.86. The van der Waals surface area contributed by atoms with Gasteiger partial charge in [-0.2, -0.15) is 4.98 Å². The molecule has 3 rings (SSSR count). The van der Waals surface area contributed by atoms with Crippen molar-refractivity contribution in [2.24, 2.45) is 0 Å². The maximum Gasteiger partial charge on any atom is 0.246 e. The number of rotatable bonds is 3. The molecule has 0 aliphatic carbocycles. The number of aryl methyl sites for hydroxylation is 1. The van der Waals surface area contributed by atoms with Crippen LogP contribution in [-0.4, -0.2) is 19.7 Å². The van der Waals surface area contributed by atoms with Gasteiger partial charge in [-0.1, -0.05) is 5.16 Å². The number of hydrogen-bond donors (Lipinski definition) is 0. The maximum absolute atomic E-state index is 13.2. The summed E-state index contributed by atoms with van der Waals surface area (Å²) >= 11 is 3.13. The summed E-state index contributed by atoms with van der Waals surface area (Å²) in [5.41, 5.74) is 0.690. The summed E-state index contributed by atoms with van der Waals surface area (Å²) in [7, 11) is 0. The van der Waals surface area contributed by atoms with Crippen LogP contribution < -0.4 is 0 Å². The molecule has 2 aromatic heterocycles. The van der Waals surface area contributed by atoms with E-state index >= 15 is 0 Å². The highest BCUT2D eigenvalue weighted by Gasteiger charge is 2.11. The van der Waals surface area contributed by atoms with E-state index < -0.39 is 0 Å². The Morgan fingerprint density at radius 1 is 1.40 bits per heavy atom. The van der Waals surface area contributed by atoms with E-state index in [0.29, 0.717) is 28.3 Å². The van der Waals surface area contributed by atoms with Crippen LogP contribution in [0.3, 0.4) is 0 Å². The molecule has 102 valence electrons. The molecule has 0 bridgehead atoms. The van der Waals surface area contributed by atoms with E-state index in [4.69, 9.17) is 4.52 Å². The van der Waals surface area contributed by atoms with Crippen molar-refractivity contribution in [1.82, 2.24) is 19.7 Å². The molecule has 0 aliphatic rings. The van der Waals surface area contributed by atoms with Crippen LogP contribution in [0.5, 0.6) is 0 Å². The van der Waals surface area contributed by atoms with Gasteiger partial charge in [-0.3, -0.25) is 0 Å². The summed E-state index contributed by atoms with van der Waals surface area (Å²) in [5, 5.41) is 3.90. The van der Waals surface area contributed by atoms with Crippen LogP contribution in [-0.2, 0) is 6.54 Å². The minimum Gasteiger partial charge on any atom is -0.337 e. The van der Waals surface area contributed by atoms with Gasteiger partial charge in [-0.05, 0) is 41.1 Å². The fourth-order valence-corrected chi connectivity index (χ4v) is 2.17. The normalized spacial score (nSPS) is 10.9. The zero-order valence-electron chi connectivity index (χ0n) is 10.5. The number of benzene rings is 1. The molecule has 0 saturated heterocycles. The van der Waals surface area contributed by atoms with E-state index in [1.165, 1.54) is 6.07 Å². The first-order valence-corrected chi connectivity index (χ1v) is 6.68. The quantitative estimate of drug-likeness (QED) is 0.737. The third-order valence-electron chi connectivity index (χ3n) is 2.88. The smallest absolute Gasteiger partial charge is 0.246 e. The molecular weight excluding hydrogens is 327 g/mol. The Morgan fingerprint density at radius 3 is 2.95 bits per heavy atom. The minimum atomic E-state index is -0.327. The number of nitrogens with zero attached hydrogens (tertiary/aromatic N) is 4. The zero-order valence-corrected chi connectivity index (χ0v) is 12.1. The van der Waals surface area contributed by atoms with E-state index in [1.54, 1.807) is 18.3 Å². The lowest BCUT2D eigenvalue weighted by molar-refractivity contribution is 0.370. The molecule has 0 aliphatic heterocycles. The van der Waals surface area contributed by atoms with Crippen LogP contribution in [0, 0.1) is 12.7 Å². The molecule has 3 aromatic rings. The first-order valence-electron chi connectivity index (χ1n) is 5.89. The highest BCUT2D eigenvalue weighted by molar-refractivity contribution is 9.10. The van der Waals surface area contributed by atoms with Gasteiger partial charge in [0.15, 0.2) is 0 Å². The molecule has 0 spiro atoms.